The van der Waals surface area contributed by atoms with Gasteiger partial charge >= 0.3 is 5.97 Å². The fourth-order valence-corrected chi connectivity index (χ4v) is 2.35. The maximum atomic E-state index is 13.3. The molecule has 0 aliphatic heterocycles. The van der Waals surface area contributed by atoms with Crippen molar-refractivity contribution < 1.29 is 13.9 Å². The van der Waals surface area contributed by atoms with Crippen LogP contribution in [0.1, 0.15) is 24.5 Å². The van der Waals surface area contributed by atoms with Crippen molar-refractivity contribution in [2.75, 3.05) is 7.11 Å². The van der Waals surface area contributed by atoms with E-state index in [0.29, 0.717) is 0 Å². The van der Waals surface area contributed by atoms with Crippen LogP contribution in [0, 0.1) is 11.7 Å². The summed E-state index contributed by atoms with van der Waals surface area (Å²) < 4.78 is 18.0. The standard InChI is InChI=1S/C14H14ClFO2/c1-8(14(17)18-2)9-3-4-10-7-13(16)12(15)6-11(10)5-9/h5-8H,3-4H2,1-2H3. The third kappa shape index (κ3) is 2.41. The van der Waals surface area contributed by atoms with Gasteiger partial charge in [0, 0.05) is 0 Å². The second-order valence-electron chi connectivity index (χ2n) is 4.43. The van der Waals surface area contributed by atoms with E-state index in [2.05, 4.69) is 0 Å². The van der Waals surface area contributed by atoms with Gasteiger partial charge < -0.3 is 4.74 Å². The number of rotatable bonds is 2. The van der Waals surface area contributed by atoms with Crippen LogP contribution in [-0.2, 0) is 16.0 Å². The van der Waals surface area contributed by atoms with Crippen LogP contribution in [0.3, 0.4) is 0 Å². The highest BCUT2D eigenvalue weighted by atomic mass is 35.5. The molecule has 96 valence electrons. The number of hydrogen-bond donors (Lipinski definition) is 0. The van der Waals surface area contributed by atoms with E-state index in [0.717, 1.165) is 29.5 Å². The molecule has 1 aliphatic rings. The molecule has 1 aromatic carbocycles. The lowest BCUT2D eigenvalue weighted by atomic mass is 9.86. The lowest BCUT2D eigenvalue weighted by Gasteiger charge is -2.20. The molecule has 0 saturated heterocycles. The highest BCUT2D eigenvalue weighted by Crippen LogP contribution is 2.31. The molecule has 0 fully saturated rings. The zero-order chi connectivity index (χ0) is 13.3. The molecule has 0 amide bonds. The molecule has 1 aliphatic carbocycles. The van der Waals surface area contributed by atoms with Crippen LogP contribution in [-0.4, -0.2) is 13.1 Å². The predicted molar refractivity (Wildman–Crippen MR) is 68.9 cm³/mol. The Morgan fingerprint density at radius 3 is 2.83 bits per heavy atom. The summed E-state index contributed by atoms with van der Waals surface area (Å²) in [5.74, 6) is -0.918. The number of benzene rings is 1. The van der Waals surface area contributed by atoms with Crippen LogP contribution in [0.25, 0.3) is 6.08 Å². The first-order valence-corrected chi connectivity index (χ1v) is 6.17. The summed E-state index contributed by atoms with van der Waals surface area (Å²) in [6, 6.07) is 3.07. The van der Waals surface area contributed by atoms with Gasteiger partial charge in [-0.3, -0.25) is 4.79 Å². The quantitative estimate of drug-likeness (QED) is 0.766. The SMILES string of the molecule is COC(=O)C(C)C1=Cc2cc(Cl)c(F)cc2CC1. The number of esters is 1. The van der Waals surface area contributed by atoms with E-state index in [-0.39, 0.29) is 16.9 Å². The lowest BCUT2D eigenvalue weighted by Crippen LogP contribution is -2.17. The van der Waals surface area contributed by atoms with Crippen molar-refractivity contribution in [1.82, 2.24) is 0 Å². The van der Waals surface area contributed by atoms with E-state index in [1.165, 1.54) is 13.2 Å². The minimum absolute atomic E-state index is 0.108. The zero-order valence-electron chi connectivity index (χ0n) is 10.3. The van der Waals surface area contributed by atoms with Crippen molar-refractivity contribution in [3.8, 4) is 0 Å². The summed E-state index contributed by atoms with van der Waals surface area (Å²) in [5.41, 5.74) is 2.81. The van der Waals surface area contributed by atoms with Crippen molar-refractivity contribution in [1.29, 1.82) is 0 Å². The summed E-state index contributed by atoms with van der Waals surface area (Å²) in [5, 5.41) is 0.108. The summed E-state index contributed by atoms with van der Waals surface area (Å²) in [7, 11) is 1.38. The molecule has 1 atom stereocenters. The Bertz CT molecular complexity index is 523. The molecule has 1 unspecified atom stereocenters. The first-order chi connectivity index (χ1) is 8.52. The van der Waals surface area contributed by atoms with Gasteiger partial charge in [0.1, 0.15) is 5.82 Å². The largest absolute Gasteiger partial charge is 0.469 e. The van der Waals surface area contributed by atoms with Gasteiger partial charge in [-0.05, 0) is 43.0 Å². The average molecular weight is 269 g/mol. The molecule has 4 heteroatoms. The monoisotopic (exact) mass is 268 g/mol. The molecular formula is C14H14ClFO2. The lowest BCUT2D eigenvalue weighted by molar-refractivity contribution is -0.143. The fraction of sp³-hybridized carbons (Fsp3) is 0.357. The maximum Gasteiger partial charge on any atom is 0.312 e. The van der Waals surface area contributed by atoms with Crippen molar-refractivity contribution in [3.63, 3.8) is 0 Å². The third-order valence-electron chi connectivity index (χ3n) is 3.32. The van der Waals surface area contributed by atoms with Crippen LogP contribution in [0.2, 0.25) is 5.02 Å². The van der Waals surface area contributed by atoms with Crippen molar-refractivity contribution in [2.45, 2.75) is 19.8 Å². The van der Waals surface area contributed by atoms with Gasteiger partial charge in [0.15, 0.2) is 0 Å². The van der Waals surface area contributed by atoms with Crippen molar-refractivity contribution in [3.05, 3.63) is 39.7 Å². The van der Waals surface area contributed by atoms with E-state index in [1.54, 1.807) is 6.07 Å². The van der Waals surface area contributed by atoms with Gasteiger partial charge in [-0.2, -0.15) is 0 Å². The Kier molecular flexibility index (Phi) is 3.71. The van der Waals surface area contributed by atoms with Gasteiger partial charge in [-0.25, -0.2) is 4.39 Å². The third-order valence-corrected chi connectivity index (χ3v) is 3.61. The number of ether oxygens (including phenoxy) is 1. The molecule has 0 radical (unpaired) electrons. The van der Waals surface area contributed by atoms with Gasteiger partial charge in [0.2, 0.25) is 0 Å². The van der Waals surface area contributed by atoms with Gasteiger partial charge in [0.25, 0.3) is 0 Å². The average Bonchev–Trinajstić information content (AvgIpc) is 2.37. The Hall–Kier alpha value is -1.35. The molecule has 2 nitrogen and oxygen atoms in total. The number of fused-ring (bicyclic) bond motifs is 1. The molecule has 18 heavy (non-hydrogen) atoms. The first kappa shape index (κ1) is 13.1. The second kappa shape index (κ2) is 5.11. The van der Waals surface area contributed by atoms with Crippen LogP contribution in [0.5, 0.6) is 0 Å². The van der Waals surface area contributed by atoms with Crippen LogP contribution >= 0.6 is 11.6 Å². The summed E-state index contributed by atoms with van der Waals surface area (Å²) in [6.45, 7) is 1.81. The van der Waals surface area contributed by atoms with Gasteiger partial charge in [0.05, 0.1) is 18.1 Å². The van der Waals surface area contributed by atoms with Crippen molar-refractivity contribution in [2.24, 2.45) is 5.92 Å². The summed E-state index contributed by atoms with van der Waals surface area (Å²) >= 11 is 5.77. The Morgan fingerprint density at radius 1 is 1.44 bits per heavy atom. The molecule has 0 heterocycles. The number of hydrogen-bond acceptors (Lipinski definition) is 2. The van der Waals surface area contributed by atoms with Crippen LogP contribution in [0.15, 0.2) is 17.7 Å². The molecule has 2 rings (SSSR count). The van der Waals surface area contributed by atoms with E-state index in [4.69, 9.17) is 16.3 Å². The van der Waals surface area contributed by atoms with E-state index in [9.17, 15) is 9.18 Å². The molecule has 0 saturated carbocycles. The van der Waals surface area contributed by atoms with E-state index < -0.39 is 5.82 Å². The Labute approximate surface area is 110 Å². The maximum absolute atomic E-state index is 13.3. The molecule has 0 bridgehead atoms. The minimum Gasteiger partial charge on any atom is -0.469 e. The first-order valence-electron chi connectivity index (χ1n) is 5.79. The van der Waals surface area contributed by atoms with E-state index >= 15 is 0 Å². The molecule has 0 N–H and O–H groups in total. The van der Waals surface area contributed by atoms with Gasteiger partial charge in [-0.1, -0.05) is 23.3 Å². The molecule has 1 aromatic rings. The van der Waals surface area contributed by atoms with E-state index in [1.807, 2.05) is 13.0 Å². The Balaban J connectivity index is 2.35. The highest BCUT2D eigenvalue weighted by molar-refractivity contribution is 6.30. The molecule has 0 spiro atoms. The predicted octanol–water partition coefficient (Wildman–Crippen LogP) is 3.62. The normalized spacial score (nSPS) is 15.7. The fourth-order valence-electron chi connectivity index (χ4n) is 2.17. The number of halogens is 2. The summed E-state index contributed by atoms with van der Waals surface area (Å²) in [6.07, 6.45) is 3.37. The van der Waals surface area contributed by atoms with Crippen LogP contribution in [0.4, 0.5) is 4.39 Å². The smallest absolute Gasteiger partial charge is 0.312 e. The van der Waals surface area contributed by atoms with Crippen LogP contribution < -0.4 is 0 Å². The van der Waals surface area contributed by atoms with Gasteiger partial charge in [-0.15, -0.1) is 0 Å². The number of carbonyl (C=O) groups is 1. The summed E-state index contributed by atoms with van der Waals surface area (Å²) in [4.78, 5) is 11.5. The van der Waals surface area contributed by atoms with Crippen molar-refractivity contribution >= 4 is 23.6 Å². The zero-order valence-corrected chi connectivity index (χ0v) is 11.1. The second-order valence-corrected chi connectivity index (χ2v) is 4.84. The Morgan fingerprint density at radius 2 is 2.17 bits per heavy atom. The number of carbonyl (C=O) groups excluding carboxylic acids is 1. The topological polar surface area (TPSA) is 26.3 Å². The number of aryl methyl sites for hydroxylation is 1. The highest BCUT2D eigenvalue weighted by Gasteiger charge is 2.22. The molecule has 0 aromatic heterocycles. The molecular weight excluding hydrogens is 255 g/mol. The minimum atomic E-state index is -0.395. The number of methoxy groups -OCH3 is 1.